The van der Waals surface area contributed by atoms with E-state index in [0.29, 0.717) is 0 Å². The van der Waals surface area contributed by atoms with Gasteiger partial charge in [-0.3, -0.25) is 0 Å². The molecule has 0 unspecified atom stereocenters. The largest absolute Gasteiger partial charge is 0.152 e. The molecule has 0 aliphatic rings. The molecule has 0 saturated carbocycles. The van der Waals surface area contributed by atoms with Gasteiger partial charge in [-0.2, -0.15) is 11.3 Å². The monoisotopic (exact) mass is 127 g/mol. The second-order valence-corrected chi connectivity index (χ2v) is 1.71. The molecule has 0 saturated heterocycles. The summed E-state index contributed by atoms with van der Waals surface area (Å²) < 4.78 is 0. The molecule has 0 aromatic carbocycles. The van der Waals surface area contributed by atoms with Crippen LogP contribution in [0.4, 0.5) is 0 Å². The number of rotatable bonds is 0. The van der Waals surface area contributed by atoms with Crippen molar-refractivity contribution >= 4 is 11.3 Å². The van der Waals surface area contributed by atoms with Gasteiger partial charge in [0.15, 0.2) is 0 Å². The zero-order valence-electron chi connectivity index (χ0n) is 4.11. The SMILES string of the molecule is [N-]=[N+]=N.c1ccsc1. The summed E-state index contributed by atoms with van der Waals surface area (Å²) in [5.74, 6) is 0. The molecule has 1 rings (SSSR count). The third kappa shape index (κ3) is 5.01. The Balaban J connectivity index is 0.000000145. The van der Waals surface area contributed by atoms with Gasteiger partial charge in [0.25, 0.3) is 0 Å². The van der Waals surface area contributed by atoms with E-state index in [0.717, 1.165) is 0 Å². The van der Waals surface area contributed by atoms with E-state index in [9.17, 15) is 0 Å². The van der Waals surface area contributed by atoms with Crippen molar-refractivity contribution in [1.82, 2.24) is 0 Å². The molecule has 0 spiro atoms. The summed E-state index contributed by atoms with van der Waals surface area (Å²) >= 11 is 1.71. The molecule has 1 aromatic rings. The molecule has 1 heterocycles. The van der Waals surface area contributed by atoms with Gasteiger partial charge in [0.1, 0.15) is 0 Å². The van der Waals surface area contributed by atoms with E-state index in [-0.39, 0.29) is 0 Å². The number of thiophene rings is 1. The molecule has 0 amide bonds. The summed E-state index contributed by atoms with van der Waals surface area (Å²) in [7, 11) is 0. The number of nitrogens with one attached hydrogen (secondary N) is 1. The fourth-order valence-electron chi connectivity index (χ4n) is 0.227. The lowest BCUT2D eigenvalue weighted by Gasteiger charge is -1.39. The van der Waals surface area contributed by atoms with Crippen molar-refractivity contribution in [3.8, 4) is 0 Å². The highest BCUT2D eigenvalue weighted by molar-refractivity contribution is 7.07. The van der Waals surface area contributed by atoms with Crippen molar-refractivity contribution in [2.75, 3.05) is 0 Å². The Morgan fingerprint density at radius 2 is 1.75 bits per heavy atom. The first-order valence-electron chi connectivity index (χ1n) is 1.90. The van der Waals surface area contributed by atoms with Crippen LogP contribution < -0.4 is 0 Å². The van der Waals surface area contributed by atoms with Crippen LogP contribution in [0, 0.1) is 5.53 Å². The average Bonchev–Trinajstić information content (AvgIpc) is 2.17. The first-order valence-corrected chi connectivity index (χ1v) is 2.84. The Labute approximate surface area is 51.0 Å². The molecule has 0 atom stereocenters. The molecule has 0 fully saturated rings. The van der Waals surface area contributed by atoms with Crippen LogP contribution >= 0.6 is 11.3 Å². The fraction of sp³-hybridized carbons (Fsp3) is 0. The maximum Gasteiger partial charge on any atom is -0.00208 e. The van der Waals surface area contributed by atoms with Crippen molar-refractivity contribution in [2.24, 2.45) is 0 Å². The van der Waals surface area contributed by atoms with E-state index in [1.54, 1.807) is 16.2 Å². The number of hydrogen-bond acceptors (Lipinski definition) is 2. The van der Waals surface area contributed by atoms with Gasteiger partial charge in [-0.25, -0.2) is 0 Å². The molecule has 0 aliphatic carbocycles. The third-order valence-electron chi connectivity index (χ3n) is 0.425. The minimum absolute atomic E-state index is 1.71. The van der Waals surface area contributed by atoms with Crippen molar-refractivity contribution < 1.29 is 0 Å². The maximum absolute atomic E-state index is 6.86. The van der Waals surface area contributed by atoms with Crippen molar-refractivity contribution in [1.29, 1.82) is 5.53 Å². The molecule has 1 N–H and O–H groups in total. The Kier molecular flexibility index (Phi) is 5.27. The quantitative estimate of drug-likeness (QED) is 0.316. The van der Waals surface area contributed by atoms with E-state index >= 15 is 0 Å². The Bertz CT molecular complexity index is 123. The Hall–Kier alpha value is -0.990. The molecule has 8 heavy (non-hydrogen) atoms. The zero-order valence-corrected chi connectivity index (χ0v) is 4.93. The molecule has 1 aromatic heterocycles. The summed E-state index contributed by atoms with van der Waals surface area (Å²) in [5, 5.41) is 4.08. The molecule has 0 bridgehead atoms. The van der Waals surface area contributed by atoms with Gasteiger partial charge in [0.05, 0.1) is 0 Å². The number of hydrogen-bond donors (Lipinski definition) is 1. The Morgan fingerprint density at radius 1 is 1.38 bits per heavy atom. The molecule has 0 radical (unpaired) electrons. The van der Waals surface area contributed by atoms with E-state index in [4.69, 9.17) is 11.1 Å². The number of nitrogens with zero attached hydrogens (tertiary/aromatic N) is 2. The first kappa shape index (κ1) is 7.01. The lowest BCUT2D eigenvalue weighted by atomic mass is 10.7. The van der Waals surface area contributed by atoms with Crippen LogP contribution in [0.15, 0.2) is 22.9 Å². The van der Waals surface area contributed by atoms with Crippen molar-refractivity contribution in [3.05, 3.63) is 33.3 Å². The van der Waals surface area contributed by atoms with Crippen LogP contribution in [0.5, 0.6) is 0 Å². The predicted octanol–water partition coefficient (Wildman–Crippen LogP) is 2.62. The molecule has 3 nitrogen and oxygen atoms in total. The summed E-state index contributed by atoms with van der Waals surface area (Å²) in [6.07, 6.45) is 0. The van der Waals surface area contributed by atoms with E-state index in [1.807, 2.05) is 22.9 Å². The predicted molar refractivity (Wildman–Crippen MR) is 33.8 cm³/mol. The van der Waals surface area contributed by atoms with Gasteiger partial charge < -0.3 is 0 Å². The molecule has 4 heteroatoms. The fourth-order valence-corrected chi connectivity index (χ4v) is 0.680. The smallest absolute Gasteiger partial charge is 0.00208 e. The average molecular weight is 127 g/mol. The van der Waals surface area contributed by atoms with Gasteiger partial charge >= 0.3 is 0 Å². The Morgan fingerprint density at radius 3 is 1.88 bits per heavy atom. The zero-order chi connectivity index (χ0) is 6.24. The van der Waals surface area contributed by atoms with Gasteiger partial charge in [-0.15, -0.1) is 5.53 Å². The molecule has 42 valence electrons. The van der Waals surface area contributed by atoms with Crippen LogP contribution in [0.3, 0.4) is 0 Å². The van der Waals surface area contributed by atoms with Crippen LogP contribution in [-0.2, 0) is 0 Å². The van der Waals surface area contributed by atoms with Crippen LogP contribution in [0.25, 0.3) is 10.4 Å². The van der Waals surface area contributed by atoms with Crippen LogP contribution in [0.2, 0.25) is 0 Å². The van der Waals surface area contributed by atoms with Gasteiger partial charge in [-0.1, -0.05) is 12.1 Å². The minimum Gasteiger partial charge on any atom is -0.152 e. The van der Waals surface area contributed by atoms with Gasteiger partial charge in [0.2, 0.25) is 0 Å². The lowest BCUT2D eigenvalue weighted by Crippen LogP contribution is -1.16. The minimum atomic E-state index is 1.71. The summed E-state index contributed by atoms with van der Waals surface area (Å²) in [4.78, 5) is 1.75. The van der Waals surface area contributed by atoms with E-state index < -0.39 is 0 Å². The van der Waals surface area contributed by atoms with Crippen molar-refractivity contribution in [3.63, 3.8) is 0 Å². The van der Waals surface area contributed by atoms with Crippen LogP contribution in [0.1, 0.15) is 0 Å². The summed E-state index contributed by atoms with van der Waals surface area (Å²) in [6.45, 7) is 0. The second kappa shape index (κ2) is 6.01. The highest BCUT2D eigenvalue weighted by Crippen LogP contribution is 1.91. The van der Waals surface area contributed by atoms with E-state index in [2.05, 4.69) is 0 Å². The second-order valence-electron chi connectivity index (χ2n) is 0.893. The maximum atomic E-state index is 6.86. The topological polar surface area (TPSA) is 60.3 Å². The summed E-state index contributed by atoms with van der Waals surface area (Å²) in [5.41, 5.74) is 12.2. The van der Waals surface area contributed by atoms with Crippen molar-refractivity contribution in [2.45, 2.75) is 0 Å². The highest BCUT2D eigenvalue weighted by atomic mass is 32.1. The summed E-state index contributed by atoms with van der Waals surface area (Å²) in [6, 6.07) is 4.04. The van der Waals surface area contributed by atoms with Gasteiger partial charge in [0, 0.05) is 0 Å². The lowest BCUT2D eigenvalue weighted by molar-refractivity contribution is 1.45. The normalized spacial score (nSPS) is 6.00. The molecular formula is C4H5N3S. The molecule has 0 aliphatic heterocycles. The standard InChI is InChI=1S/C4H4S.HN3/c1-2-4-5-3-1;1-3-2/h1-4H;1H. The first-order chi connectivity index (χ1) is 3.91. The van der Waals surface area contributed by atoms with Gasteiger partial charge in [-0.05, 0) is 21.2 Å². The highest BCUT2D eigenvalue weighted by Gasteiger charge is 1.58. The van der Waals surface area contributed by atoms with Crippen LogP contribution in [-0.4, -0.2) is 0 Å². The third-order valence-corrected chi connectivity index (χ3v) is 1.05. The molecular weight excluding hydrogens is 122 g/mol. The van der Waals surface area contributed by atoms with E-state index in [1.165, 1.54) is 0 Å².